The zero-order valence-corrected chi connectivity index (χ0v) is 22.4. The molecule has 1 saturated heterocycles. The second kappa shape index (κ2) is 12.6. The van der Waals surface area contributed by atoms with Crippen LogP contribution in [0.2, 0.25) is 5.02 Å². The molecule has 0 aromatic heterocycles. The third-order valence-corrected chi connectivity index (χ3v) is 7.24. The highest BCUT2D eigenvalue weighted by molar-refractivity contribution is 8.15. The monoisotopic (exact) mass is 575 g/mol. The number of aliphatic imine (C=N–C) groups is 1. The Labute approximate surface area is 233 Å². The highest BCUT2D eigenvalue weighted by Crippen LogP contribution is 2.34. The van der Waals surface area contributed by atoms with Gasteiger partial charge in [0.05, 0.1) is 17.9 Å². The number of hydrogen-bond donors (Lipinski definition) is 1. The molecule has 3 aromatic rings. The lowest BCUT2D eigenvalue weighted by Crippen LogP contribution is -2.46. The van der Waals surface area contributed by atoms with Crippen LogP contribution in [-0.2, 0) is 22.2 Å². The molecule has 1 heterocycles. The van der Waals surface area contributed by atoms with Crippen molar-refractivity contribution < 1.29 is 27.5 Å². The van der Waals surface area contributed by atoms with Crippen LogP contribution in [0.15, 0.2) is 77.8 Å². The summed E-state index contributed by atoms with van der Waals surface area (Å²) in [5.41, 5.74) is 0.627. The van der Waals surface area contributed by atoms with Crippen molar-refractivity contribution in [2.75, 3.05) is 18.5 Å². The van der Waals surface area contributed by atoms with Crippen LogP contribution >= 0.6 is 23.4 Å². The Balaban J connectivity index is 1.57. The summed E-state index contributed by atoms with van der Waals surface area (Å²) in [4.78, 5) is 32.1. The number of alkyl halides is 3. The molecule has 204 valence electrons. The molecular formula is C28H25ClF3N3O3S. The first-order valence-corrected chi connectivity index (χ1v) is 13.4. The van der Waals surface area contributed by atoms with Gasteiger partial charge in [0.2, 0.25) is 11.8 Å². The molecule has 0 spiro atoms. The lowest BCUT2D eigenvalue weighted by molar-refractivity contribution is -0.137. The average molecular weight is 576 g/mol. The predicted molar refractivity (Wildman–Crippen MR) is 148 cm³/mol. The Kier molecular flexibility index (Phi) is 9.19. The Morgan fingerprint density at radius 3 is 2.51 bits per heavy atom. The van der Waals surface area contributed by atoms with E-state index in [4.69, 9.17) is 16.3 Å². The van der Waals surface area contributed by atoms with Crippen molar-refractivity contribution >= 4 is 51.7 Å². The van der Waals surface area contributed by atoms with Crippen molar-refractivity contribution in [3.63, 3.8) is 0 Å². The van der Waals surface area contributed by atoms with E-state index in [1.54, 1.807) is 36.4 Å². The quantitative estimate of drug-likeness (QED) is 0.315. The van der Waals surface area contributed by atoms with Crippen molar-refractivity contribution in [1.29, 1.82) is 0 Å². The fourth-order valence-electron chi connectivity index (χ4n) is 3.84. The molecule has 0 radical (unpaired) electrons. The molecule has 39 heavy (non-hydrogen) atoms. The number of carbonyl (C=O) groups excluding carboxylic acids is 2. The van der Waals surface area contributed by atoms with Crippen LogP contribution in [0.25, 0.3) is 0 Å². The van der Waals surface area contributed by atoms with Crippen LogP contribution in [0, 0.1) is 0 Å². The zero-order chi connectivity index (χ0) is 28.0. The van der Waals surface area contributed by atoms with Crippen LogP contribution in [-0.4, -0.2) is 40.3 Å². The number of hydrogen-bond acceptors (Lipinski definition) is 5. The van der Waals surface area contributed by atoms with E-state index >= 15 is 0 Å². The highest BCUT2D eigenvalue weighted by atomic mass is 35.5. The van der Waals surface area contributed by atoms with Crippen molar-refractivity contribution in [2.24, 2.45) is 4.99 Å². The van der Waals surface area contributed by atoms with Gasteiger partial charge in [0.25, 0.3) is 0 Å². The fraction of sp³-hybridized carbons (Fsp3) is 0.250. The average Bonchev–Trinajstić information content (AvgIpc) is 2.90. The van der Waals surface area contributed by atoms with Crippen LogP contribution < -0.4 is 10.1 Å². The molecule has 1 fully saturated rings. The lowest BCUT2D eigenvalue weighted by Gasteiger charge is -2.32. The molecule has 1 N–H and O–H groups in total. The first-order valence-electron chi connectivity index (χ1n) is 12.1. The van der Waals surface area contributed by atoms with E-state index in [0.29, 0.717) is 29.5 Å². The number of amides is 2. The predicted octanol–water partition coefficient (Wildman–Crippen LogP) is 6.96. The van der Waals surface area contributed by atoms with Crippen LogP contribution in [0.5, 0.6) is 5.75 Å². The van der Waals surface area contributed by atoms with Crippen LogP contribution in [0.1, 0.15) is 24.5 Å². The third-order valence-electron chi connectivity index (χ3n) is 5.80. The summed E-state index contributed by atoms with van der Waals surface area (Å²) < 4.78 is 45.2. The van der Waals surface area contributed by atoms with E-state index < -0.39 is 22.9 Å². The minimum atomic E-state index is -4.54. The lowest BCUT2D eigenvalue weighted by atomic mass is 10.1. The number of halogens is 4. The van der Waals surface area contributed by atoms with E-state index in [0.717, 1.165) is 29.5 Å². The Morgan fingerprint density at radius 1 is 1.13 bits per heavy atom. The first-order chi connectivity index (χ1) is 18.6. The van der Waals surface area contributed by atoms with Gasteiger partial charge in [-0.05, 0) is 73.5 Å². The van der Waals surface area contributed by atoms with E-state index in [1.165, 1.54) is 17.0 Å². The first kappa shape index (κ1) is 28.5. The molecule has 0 bridgehead atoms. The smallest absolute Gasteiger partial charge is 0.416 e. The molecule has 6 nitrogen and oxygen atoms in total. The SMILES string of the molecule is CCOc1ccc(NC(=O)C2CC(=O)N(CCc3ccc(Cl)cc3)C(=Nc3cccc(C(F)(F)F)c3)S2)cc1. The van der Waals surface area contributed by atoms with Gasteiger partial charge in [-0.1, -0.05) is 41.6 Å². The topological polar surface area (TPSA) is 71.0 Å². The molecule has 1 aliphatic rings. The number of carbonyl (C=O) groups is 2. The number of thioether (sulfide) groups is 1. The van der Waals surface area contributed by atoms with Gasteiger partial charge in [-0.2, -0.15) is 13.2 Å². The van der Waals surface area contributed by atoms with E-state index in [9.17, 15) is 22.8 Å². The Hall–Kier alpha value is -3.50. The van der Waals surface area contributed by atoms with Gasteiger partial charge in [-0.25, -0.2) is 4.99 Å². The third kappa shape index (κ3) is 7.77. The molecule has 11 heteroatoms. The van der Waals surface area contributed by atoms with Gasteiger partial charge >= 0.3 is 6.18 Å². The molecule has 0 saturated carbocycles. The van der Waals surface area contributed by atoms with Crippen molar-refractivity contribution in [1.82, 2.24) is 4.90 Å². The maximum absolute atomic E-state index is 13.3. The minimum absolute atomic E-state index is 0.0317. The summed E-state index contributed by atoms with van der Waals surface area (Å²) in [6.45, 7) is 2.61. The van der Waals surface area contributed by atoms with E-state index in [-0.39, 0.29) is 29.7 Å². The summed E-state index contributed by atoms with van der Waals surface area (Å²) in [6, 6.07) is 18.5. The molecule has 1 aliphatic heterocycles. The Bertz CT molecular complexity index is 1350. The standard InChI is InChI=1S/C28H25ClF3N3O3S/c1-2-38-23-12-10-21(11-13-23)33-26(37)24-17-25(36)35(15-14-18-6-8-20(29)9-7-18)27(39-24)34-22-5-3-4-19(16-22)28(30,31)32/h3-13,16,24H,2,14-15,17H2,1H3,(H,33,37). The summed E-state index contributed by atoms with van der Waals surface area (Å²) in [7, 11) is 0. The number of nitrogens with one attached hydrogen (secondary N) is 1. The van der Waals surface area contributed by atoms with Crippen molar-refractivity contribution in [2.45, 2.75) is 31.2 Å². The molecule has 2 amide bonds. The molecule has 3 aromatic carbocycles. The normalized spacial score (nSPS) is 16.8. The number of benzene rings is 3. The summed E-state index contributed by atoms with van der Waals surface area (Å²) in [6.07, 6.45) is -4.16. The second-order valence-electron chi connectivity index (χ2n) is 8.62. The van der Waals surface area contributed by atoms with Gasteiger partial charge in [0, 0.05) is 23.7 Å². The number of amidine groups is 1. The highest BCUT2D eigenvalue weighted by Gasteiger charge is 2.36. The second-order valence-corrected chi connectivity index (χ2v) is 10.2. The fourth-order valence-corrected chi connectivity index (χ4v) is 5.09. The van der Waals surface area contributed by atoms with E-state index in [2.05, 4.69) is 10.3 Å². The molecule has 1 unspecified atom stereocenters. The maximum atomic E-state index is 13.3. The Morgan fingerprint density at radius 2 is 1.85 bits per heavy atom. The van der Waals surface area contributed by atoms with Crippen molar-refractivity contribution in [3.05, 3.63) is 88.9 Å². The van der Waals surface area contributed by atoms with Gasteiger partial charge in [-0.3, -0.25) is 14.5 Å². The molecular weight excluding hydrogens is 551 g/mol. The van der Waals surface area contributed by atoms with Gasteiger partial charge < -0.3 is 10.1 Å². The molecule has 0 aliphatic carbocycles. The van der Waals surface area contributed by atoms with Crippen LogP contribution in [0.3, 0.4) is 0 Å². The van der Waals surface area contributed by atoms with E-state index in [1.807, 2.05) is 19.1 Å². The van der Waals surface area contributed by atoms with Crippen molar-refractivity contribution in [3.8, 4) is 5.75 Å². The summed E-state index contributed by atoms with van der Waals surface area (Å²) in [5.74, 6) is -0.101. The number of anilines is 1. The molecule has 4 rings (SSSR count). The number of nitrogens with zero attached hydrogens (tertiary/aromatic N) is 2. The van der Waals surface area contributed by atoms with Gasteiger partial charge in [0.1, 0.15) is 11.0 Å². The molecule has 1 atom stereocenters. The van der Waals surface area contributed by atoms with Crippen LogP contribution in [0.4, 0.5) is 24.5 Å². The number of rotatable bonds is 8. The maximum Gasteiger partial charge on any atom is 0.416 e. The minimum Gasteiger partial charge on any atom is -0.494 e. The summed E-state index contributed by atoms with van der Waals surface area (Å²) >= 11 is 7.00. The van der Waals surface area contributed by atoms with Gasteiger partial charge in [-0.15, -0.1) is 0 Å². The zero-order valence-electron chi connectivity index (χ0n) is 20.9. The summed E-state index contributed by atoms with van der Waals surface area (Å²) in [5, 5.41) is 2.71. The van der Waals surface area contributed by atoms with Gasteiger partial charge in [0.15, 0.2) is 5.17 Å². The largest absolute Gasteiger partial charge is 0.494 e. The number of ether oxygens (including phenoxy) is 1.